The van der Waals surface area contributed by atoms with E-state index in [0.29, 0.717) is 6.61 Å². The fraction of sp³-hybridized carbons (Fsp3) is 0.750. The molecule has 0 aromatic heterocycles. The zero-order chi connectivity index (χ0) is 7.98. The van der Waals surface area contributed by atoms with Gasteiger partial charge in [0, 0.05) is 6.61 Å². The van der Waals surface area contributed by atoms with Gasteiger partial charge in [0.25, 0.3) is 0 Å². The van der Waals surface area contributed by atoms with E-state index in [0.717, 1.165) is 0 Å². The molecule has 0 aliphatic carbocycles. The summed E-state index contributed by atoms with van der Waals surface area (Å²) in [7, 11) is 0. The highest BCUT2D eigenvalue weighted by Crippen LogP contribution is 1.97. The third-order valence-corrected chi connectivity index (χ3v) is 1.03. The summed E-state index contributed by atoms with van der Waals surface area (Å²) in [5.74, 6) is 2.45. The van der Waals surface area contributed by atoms with E-state index >= 15 is 0 Å². The Morgan fingerprint density at radius 1 is 1.50 bits per heavy atom. The van der Waals surface area contributed by atoms with Crippen molar-refractivity contribution in [1.82, 2.24) is 0 Å². The molecule has 58 valence electrons. The minimum atomic E-state index is -0.198. The summed E-state index contributed by atoms with van der Waals surface area (Å²) in [6.45, 7) is 6.21. The third-order valence-electron chi connectivity index (χ3n) is 1.03. The van der Waals surface area contributed by atoms with Crippen LogP contribution in [0.5, 0.6) is 0 Å². The molecule has 0 aromatic carbocycles. The van der Waals surface area contributed by atoms with Crippen LogP contribution in [-0.2, 0) is 9.47 Å². The number of hydrogen-bond donors (Lipinski definition) is 0. The van der Waals surface area contributed by atoms with Crippen LogP contribution in [0.1, 0.15) is 20.8 Å². The van der Waals surface area contributed by atoms with Crippen LogP contribution in [0, 0.1) is 12.3 Å². The molecule has 0 aliphatic heterocycles. The van der Waals surface area contributed by atoms with Gasteiger partial charge in [-0.05, 0) is 20.8 Å². The summed E-state index contributed by atoms with van der Waals surface area (Å²) in [6.07, 6.45) is 4.72. The molecule has 0 N–H and O–H groups in total. The van der Waals surface area contributed by atoms with Gasteiger partial charge in [-0.3, -0.25) is 0 Å². The molecule has 0 heterocycles. The molecule has 0 saturated carbocycles. The Balaban J connectivity index is 3.39. The van der Waals surface area contributed by atoms with Crippen LogP contribution in [0.4, 0.5) is 0 Å². The van der Waals surface area contributed by atoms with Crippen molar-refractivity contribution in [3.8, 4) is 12.3 Å². The largest absolute Gasteiger partial charge is 0.353 e. The zero-order valence-corrected chi connectivity index (χ0v) is 6.76. The average Bonchev–Trinajstić information content (AvgIpc) is 1.88. The van der Waals surface area contributed by atoms with Gasteiger partial charge in [0.15, 0.2) is 6.29 Å². The van der Waals surface area contributed by atoms with Crippen LogP contribution >= 0.6 is 0 Å². The van der Waals surface area contributed by atoms with E-state index in [1.807, 2.05) is 20.8 Å². The second kappa shape index (κ2) is 5.28. The highest BCUT2D eigenvalue weighted by atomic mass is 16.7. The Bertz CT molecular complexity index is 115. The second-order valence-electron chi connectivity index (χ2n) is 1.97. The van der Waals surface area contributed by atoms with Crippen molar-refractivity contribution in [3.05, 3.63) is 0 Å². The fourth-order valence-corrected chi connectivity index (χ4v) is 0.601. The van der Waals surface area contributed by atoms with Gasteiger partial charge in [0.1, 0.15) is 6.10 Å². The monoisotopic (exact) mass is 142 g/mol. The maximum absolute atomic E-state index is 5.18. The van der Waals surface area contributed by atoms with Crippen LogP contribution in [0.3, 0.4) is 0 Å². The van der Waals surface area contributed by atoms with E-state index in [9.17, 15) is 0 Å². The molecule has 2 nitrogen and oxygen atoms in total. The number of hydrogen-bond acceptors (Lipinski definition) is 2. The van der Waals surface area contributed by atoms with Gasteiger partial charge in [0.05, 0.1) is 0 Å². The van der Waals surface area contributed by atoms with Crippen molar-refractivity contribution >= 4 is 0 Å². The Morgan fingerprint density at radius 2 is 2.10 bits per heavy atom. The number of rotatable bonds is 4. The molecule has 10 heavy (non-hydrogen) atoms. The Morgan fingerprint density at radius 3 is 2.50 bits per heavy atom. The van der Waals surface area contributed by atoms with Crippen molar-refractivity contribution in [3.63, 3.8) is 0 Å². The van der Waals surface area contributed by atoms with E-state index in [-0.39, 0.29) is 12.4 Å². The highest BCUT2D eigenvalue weighted by Gasteiger charge is 2.03. The van der Waals surface area contributed by atoms with Gasteiger partial charge in [-0.15, -0.1) is 6.42 Å². The van der Waals surface area contributed by atoms with Crippen LogP contribution in [0.25, 0.3) is 0 Å². The van der Waals surface area contributed by atoms with Crippen LogP contribution in [0.2, 0.25) is 0 Å². The molecule has 0 fully saturated rings. The van der Waals surface area contributed by atoms with Gasteiger partial charge in [-0.2, -0.15) is 0 Å². The number of ether oxygens (including phenoxy) is 2. The molecule has 0 radical (unpaired) electrons. The molecular formula is C8H14O2. The lowest BCUT2D eigenvalue weighted by Crippen LogP contribution is -2.18. The molecule has 0 aromatic rings. The summed E-state index contributed by atoms with van der Waals surface area (Å²) >= 11 is 0. The van der Waals surface area contributed by atoms with E-state index < -0.39 is 0 Å². The van der Waals surface area contributed by atoms with E-state index in [4.69, 9.17) is 15.9 Å². The summed E-state index contributed by atoms with van der Waals surface area (Å²) in [5, 5.41) is 0. The molecule has 0 bridgehead atoms. The molecule has 0 aliphatic rings. The lowest BCUT2D eigenvalue weighted by Gasteiger charge is -2.14. The SMILES string of the molecule is C#CC(C)OC(C)OCC. The second-order valence-corrected chi connectivity index (χ2v) is 1.97. The average molecular weight is 142 g/mol. The van der Waals surface area contributed by atoms with Gasteiger partial charge in [-0.25, -0.2) is 0 Å². The quantitative estimate of drug-likeness (QED) is 0.436. The summed E-state index contributed by atoms with van der Waals surface area (Å²) in [5.41, 5.74) is 0. The first-order valence-electron chi connectivity index (χ1n) is 3.43. The maximum Gasteiger partial charge on any atom is 0.156 e. The van der Waals surface area contributed by atoms with Crippen molar-refractivity contribution in [2.45, 2.75) is 33.2 Å². The lowest BCUT2D eigenvalue weighted by molar-refractivity contribution is -0.139. The molecule has 2 unspecified atom stereocenters. The molecule has 0 amide bonds. The molecule has 0 saturated heterocycles. The Hall–Kier alpha value is -0.520. The highest BCUT2D eigenvalue weighted by molar-refractivity contribution is 4.91. The molecule has 0 spiro atoms. The van der Waals surface area contributed by atoms with Crippen molar-refractivity contribution in [1.29, 1.82) is 0 Å². The number of terminal acetylenes is 1. The van der Waals surface area contributed by atoms with Crippen molar-refractivity contribution in [2.24, 2.45) is 0 Å². The smallest absolute Gasteiger partial charge is 0.156 e. The summed E-state index contributed by atoms with van der Waals surface area (Å²) in [4.78, 5) is 0. The van der Waals surface area contributed by atoms with Crippen LogP contribution in [0.15, 0.2) is 0 Å². The van der Waals surface area contributed by atoms with Crippen molar-refractivity contribution in [2.75, 3.05) is 6.61 Å². The standard InChI is InChI=1S/C8H14O2/c1-5-7(3)10-8(4)9-6-2/h1,7-8H,6H2,2-4H3. The van der Waals surface area contributed by atoms with Gasteiger partial charge in [0.2, 0.25) is 0 Å². The maximum atomic E-state index is 5.18. The Labute approximate surface area is 62.5 Å². The topological polar surface area (TPSA) is 18.5 Å². The molecule has 2 heteroatoms. The van der Waals surface area contributed by atoms with Crippen LogP contribution < -0.4 is 0 Å². The van der Waals surface area contributed by atoms with Crippen molar-refractivity contribution < 1.29 is 9.47 Å². The van der Waals surface area contributed by atoms with Gasteiger partial charge < -0.3 is 9.47 Å². The molecule has 2 atom stereocenters. The van der Waals surface area contributed by atoms with Gasteiger partial charge >= 0.3 is 0 Å². The Kier molecular flexibility index (Phi) is 5.00. The minimum Gasteiger partial charge on any atom is -0.353 e. The zero-order valence-electron chi connectivity index (χ0n) is 6.76. The normalized spacial score (nSPS) is 15.8. The van der Waals surface area contributed by atoms with Gasteiger partial charge in [-0.1, -0.05) is 5.92 Å². The van der Waals surface area contributed by atoms with E-state index in [1.165, 1.54) is 0 Å². The predicted octanol–water partition coefficient (Wildman–Crippen LogP) is 1.41. The fourth-order valence-electron chi connectivity index (χ4n) is 0.601. The van der Waals surface area contributed by atoms with Crippen LogP contribution in [-0.4, -0.2) is 19.0 Å². The van der Waals surface area contributed by atoms with E-state index in [1.54, 1.807) is 0 Å². The minimum absolute atomic E-state index is 0.165. The first kappa shape index (κ1) is 9.48. The molecule has 0 rings (SSSR count). The van der Waals surface area contributed by atoms with E-state index in [2.05, 4.69) is 5.92 Å². The first-order valence-corrected chi connectivity index (χ1v) is 3.43. The molecular weight excluding hydrogens is 128 g/mol. The third kappa shape index (κ3) is 4.37. The lowest BCUT2D eigenvalue weighted by atomic mass is 10.4. The summed E-state index contributed by atoms with van der Waals surface area (Å²) in [6, 6.07) is 0. The predicted molar refractivity (Wildman–Crippen MR) is 40.5 cm³/mol. The first-order chi connectivity index (χ1) is 4.70. The summed E-state index contributed by atoms with van der Waals surface area (Å²) < 4.78 is 10.3.